The van der Waals surface area contributed by atoms with Gasteiger partial charge >= 0.3 is 0 Å². The van der Waals surface area contributed by atoms with Gasteiger partial charge < -0.3 is 9.88 Å². The van der Waals surface area contributed by atoms with Gasteiger partial charge in [-0.25, -0.2) is 0 Å². The Kier molecular flexibility index (Phi) is 3.78. The third kappa shape index (κ3) is 3.16. The van der Waals surface area contributed by atoms with Crippen molar-refractivity contribution < 1.29 is 0 Å². The van der Waals surface area contributed by atoms with Crippen molar-refractivity contribution in [1.82, 2.24) is 4.57 Å². The van der Waals surface area contributed by atoms with Gasteiger partial charge in [-0.05, 0) is 36.8 Å². The number of hydrogen-bond donors (Lipinski definition) is 1. The fraction of sp³-hybridized carbons (Fsp3) is 0.158. The molecule has 0 radical (unpaired) electrons. The van der Waals surface area contributed by atoms with Gasteiger partial charge in [-0.2, -0.15) is 0 Å². The van der Waals surface area contributed by atoms with E-state index < -0.39 is 0 Å². The second-order valence-corrected chi connectivity index (χ2v) is 5.51. The fourth-order valence-electron chi connectivity index (χ4n) is 2.48. The Morgan fingerprint density at radius 2 is 1.90 bits per heavy atom. The van der Waals surface area contributed by atoms with Gasteiger partial charge in [0.05, 0.1) is 0 Å². The molecule has 0 bridgehead atoms. The Balaban J connectivity index is 1.84. The van der Waals surface area contributed by atoms with Crippen LogP contribution in [0.2, 0.25) is 0 Å². The second kappa shape index (κ2) is 5.88. The number of rotatable bonds is 5. The highest BCUT2D eigenvalue weighted by Gasteiger charge is 2.03. The first-order valence-electron chi connectivity index (χ1n) is 7.23. The van der Waals surface area contributed by atoms with Crippen LogP contribution in [0.25, 0.3) is 10.9 Å². The predicted octanol–water partition coefficient (Wildman–Crippen LogP) is 4.68. The standard InChI is InChI=1S/C19H20N2/c1-15(2)13-20-18-8-9-19-17(12-18)10-11-21(19)14-16-6-4-3-5-7-16/h3-12,20H,1,13-14H2,2H3. The quantitative estimate of drug-likeness (QED) is 0.670. The summed E-state index contributed by atoms with van der Waals surface area (Å²) in [5.41, 5.74) is 4.86. The van der Waals surface area contributed by atoms with E-state index in [1.54, 1.807) is 0 Å². The van der Waals surface area contributed by atoms with Gasteiger partial charge in [-0.3, -0.25) is 0 Å². The maximum absolute atomic E-state index is 3.92. The molecule has 0 atom stereocenters. The van der Waals surface area contributed by atoms with E-state index in [1.165, 1.54) is 16.5 Å². The van der Waals surface area contributed by atoms with Crippen LogP contribution in [0, 0.1) is 0 Å². The van der Waals surface area contributed by atoms with E-state index in [0.717, 1.165) is 24.4 Å². The van der Waals surface area contributed by atoms with Gasteiger partial charge in [0.2, 0.25) is 0 Å². The monoisotopic (exact) mass is 276 g/mol. The summed E-state index contributed by atoms with van der Waals surface area (Å²) in [6, 6.07) is 19.2. The number of nitrogens with one attached hydrogen (secondary N) is 1. The molecule has 0 unspecified atom stereocenters. The highest BCUT2D eigenvalue weighted by molar-refractivity contribution is 5.83. The average Bonchev–Trinajstić information content (AvgIpc) is 2.89. The number of aromatic nitrogens is 1. The fourth-order valence-corrected chi connectivity index (χ4v) is 2.48. The number of anilines is 1. The molecule has 0 aliphatic rings. The Morgan fingerprint density at radius 1 is 1.10 bits per heavy atom. The Morgan fingerprint density at radius 3 is 2.67 bits per heavy atom. The zero-order valence-corrected chi connectivity index (χ0v) is 12.3. The minimum atomic E-state index is 0.816. The molecule has 0 aliphatic heterocycles. The van der Waals surface area contributed by atoms with Gasteiger partial charge in [-0.15, -0.1) is 0 Å². The third-order valence-electron chi connectivity index (χ3n) is 3.56. The van der Waals surface area contributed by atoms with Crippen LogP contribution in [0.15, 0.2) is 72.9 Å². The van der Waals surface area contributed by atoms with E-state index in [1.807, 2.05) is 6.92 Å². The molecule has 1 aromatic heterocycles. The predicted molar refractivity (Wildman–Crippen MR) is 90.8 cm³/mol. The minimum absolute atomic E-state index is 0.816. The van der Waals surface area contributed by atoms with E-state index in [2.05, 4.69) is 77.3 Å². The first-order chi connectivity index (χ1) is 10.2. The number of hydrogen-bond acceptors (Lipinski definition) is 1. The summed E-state index contributed by atoms with van der Waals surface area (Å²) < 4.78 is 2.28. The van der Waals surface area contributed by atoms with Crippen molar-refractivity contribution in [2.45, 2.75) is 13.5 Å². The van der Waals surface area contributed by atoms with Crippen molar-refractivity contribution in [1.29, 1.82) is 0 Å². The topological polar surface area (TPSA) is 17.0 Å². The third-order valence-corrected chi connectivity index (χ3v) is 3.56. The average molecular weight is 276 g/mol. The Bertz CT molecular complexity index is 754. The van der Waals surface area contributed by atoms with Gasteiger partial charge in [0.15, 0.2) is 0 Å². The van der Waals surface area contributed by atoms with Crippen molar-refractivity contribution >= 4 is 16.6 Å². The summed E-state index contributed by atoms with van der Waals surface area (Å²) >= 11 is 0. The molecule has 2 heteroatoms. The van der Waals surface area contributed by atoms with Crippen LogP contribution < -0.4 is 5.32 Å². The molecule has 1 N–H and O–H groups in total. The lowest BCUT2D eigenvalue weighted by molar-refractivity contribution is 0.837. The summed E-state index contributed by atoms with van der Waals surface area (Å²) in [6.07, 6.45) is 2.15. The molecule has 106 valence electrons. The number of benzene rings is 2. The van der Waals surface area contributed by atoms with E-state index in [9.17, 15) is 0 Å². The zero-order chi connectivity index (χ0) is 14.7. The molecule has 2 aromatic carbocycles. The largest absolute Gasteiger partial charge is 0.381 e. The molecule has 0 amide bonds. The normalized spacial score (nSPS) is 10.7. The van der Waals surface area contributed by atoms with Crippen molar-refractivity contribution in [3.05, 3.63) is 78.5 Å². The van der Waals surface area contributed by atoms with Gasteiger partial charge in [-0.1, -0.05) is 42.5 Å². The van der Waals surface area contributed by atoms with Crippen LogP contribution in [0.1, 0.15) is 12.5 Å². The molecular formula is C19H20N2. The van der Waals surface area contributed by atoms with Gasteiger partial charge in [0.25, 0.3) is 0 Å². The molecule has 1 heterocycles. The molecule has 0 saturated heterocycles. The molecular weight excluding hydrogens is 256 g/mol. The van der Waals surface area contributed by atoms with Crippen LogP contribution in [0.5, 0.6) is 0 Å². The Labute approximate surface area is 125 Å². The molecule has 0 fully saturated rings. The molecule has 3 aromatic rings. The van der Waals surface area contributed by atoms with E-state index in [4.69, 9.17) is 0 Å². The van der Waals surface area contributed by atoms with Crippen LogP contribution in [-0.2, 0) is 6.54 Å². The van der Waals surface area contributed by atoms with Crippen LogP contribution in [0.3, 0.4) is 0 Å². The van der Waals surface area contributed by atoms with Crippen molar-refractivity contribution in [3.63, 3.8) is 0 Å². The SMILES string of the molecule is C=C(C)CNc1ccc2c(ccn2Cc2ccccc2)c1. The molecule has 0 saturated carbocycles. The lowest BCUT2D eigenvalue weighted by Crippen LogP contribution is -2.01. The lowest BCUT2D eigenvalue weighted by atomic mass is 10.2. The van der Waals surface area contributed by atoms with Crippen molar-refractivity contribution in [3.8, 4) is 0 Å². The van der Waals surface area contributed by atoms with Crippen LogP contribution in [-0.4, -0.2) is 11.1 Å². The van der Waals surface area contributed by atoms with Gasteiger partial charge in [0.1, 0.15) is 0 Å². The molecule has 2 nitrogen and oxygen atoms in total. The van der Waals surface area contributed by atoms with Crippen molar-refractivity contribution in [2.24, 2.45) is 0 Å². The molecule has 21 heavy (non-hydrogen) atoms. The summed E-state index contributed by atoms with van der Waals surface area (Å²) in [5.74, 6) is 0. The highest BCUT2D eigenvalue weighted by atomic mass is 15.0. The molecule has 0 spiro atoms. The van der Waals surface area contributed by atoms with Crippen LogP contribution >= 0.6 is 0 Å². The summed E-state index contributed by atoms with van der Waals surface area (Å²) in [6.45, 7) is 7.67. The van der Waals surface area contributed by atoms with E-state index >= 15 is 0 Å². The maximum atomic E-state index is 3.92. The van der Waals surface area contributed by atoms with E-state index in [0.29, 0.717) is 0 Å². The minimum Gasteiger partial charge on any atom is -0.381 e. The van der Waals surface area contributed by atoms with E-state index in [-0.39, 0.29) is 0 Å². The first kappa shape index (κ1) is 13.5. The molecule has 3 rings (SSSR count). The zero-order valence-electron chi connectivity index (χ0n) is 12.3. The summed E-state index contributed by atoms with van der Waals surface area (Å²) in [4.78, 5) is 0. The molecule has 0 aliphatic carbocycles. The highest BCUT2D eigenvalue weighted by Crippen LogP contribution is 2.21. The maximum Gasteiger partial charge on any atom is 0.0484 e. The lowest BCUT2D eigenvalue weighted by Gasteiger charge is -2.08. The van der Waals surface area contributed by atoms with Crippen molar-refractivity contribution in [2.75, 3.05) is 11.9 Å². The number of nitrogens with zero attached hydrogens (tertiary/aromatic N) is 1. The summed E-state index contributed by atoms with van der Waals surface area (Å²) in [5, 5.41) is 4.65. The van der Waals surface area contributed by atoms with Crippen LogP contribution in [0.4, 0.5) is 5.69 Å². The van der Waals surface area contributed by atoms with Gasteiger partial charge in [0, 0.05) is 35.9 Å². The first-order valence-corrected chi connectivity index (χ1v) is 7.23. The summed E-state index contributed by atoms with van der Waals surface area (Å²) in [7, 11) is 0. The number of fused-ring (bicyclic) bond motifs is 1. The Hall–Kier alpha value is -2.48. The smallest absolute Gasteiger partial charge is 0.0484 e. The second-order valence-electron chi connectivity index (χ2n) is 5.51.